The van der Waals surface area contributed by atoms with Crippen molar-refractivity contribution in [1.82, 2.24) is 0 Å². The molecule has 0 saturated carbocycles. The maximum absolute atomic E-state index is 11.3. The Morgan fingerprint density at radius 2 is 2.00 bits per heavy atom. The van der Waals surface area contributed by atoms with Crippen molar-refractivity contribution >= 4 is 9.84 Å². The second-order valence-electron chi connectivity index (χ2n) is 4.95. The Balaban J connectivity index is 1.84. The van der Waals surface area contributed by atoms with Gasteiger partial charge in [0.05, 0.1) is 11.5 Å². The minimum absolute atomic E-state index is 0.0655. The molecule has 4 heteroatoms. The van der Waals surface area contributed by atoms with Crippen molar-refractivity contribution < 1.29 is 8.42 Å². The second kappa shape index (κ2) is 5.19. The van der Waals surface area contributed by atoms with E-state index in [2.05, 4.69) is 12.1 Å². The van der Waals surface area contributed by atoms with Crippen LogP contribution in [0.25, 0.3) is 0 Å². The highest BCUT2D eigenvalue weighted by Gasteiger charge is 2.28. The lowest BCUT2D eigenvalue weighted by atomic mass is 9.95. The van der Waals surface area contributed by atoms with E-state index in [1.54, 1.807) is 0 Å². The van der Waals surface area contributed by atoms with Gasteiger partial charge < -0.3 is 5.73 Å². The van der Waals surface area contributed by atoms with Crippen molar-refractivity contribution in [3.05, 3.63) is 35.9 Å². The highest BCUT2D eigenvalue weighted by molar-refractivity contribution is 7.91. The summed E-state index contributed by atoms with van der Waals surface area (Å²) < 4.78 is 22.7. The predicted molar refractivity (Wildman–Crippen MR) is 69.5 cm³/mol. The van der Waals surface area contributed by atoms with Crippen LogP contribution in [0.15, 0.2) is 30.3 Å². The van der Waals surface area contributed by atoms with Gasteiger partial charge in [0.15, 0.2) is 9.84 Å². The van der Waals surface area contributed by atoms with Crippen LogP contribution in [0.5, 0.6) is 0 Å². The fourth-order valence-corrected chi connectivity index (χ4v) is 4.37. The van der Waals surface area contributed by atoms with E-state index in [0.717, 1.165) is 19.3 Å². The van der Waals surface area contributed by atoms with Crippen LogP contribution in [0.4, 0.5) is 0 Å². The fraction of sp³-hybridized carbons (Fsp3) is 0.538. The molecule has 17 heavy (non-hydrogen) atoms. The summed E-state index contributed by atoms with van der Waals surface area (Å²) in [4.78, 5) is 0. The minimum atomic E-state index is -2.77. The summed E-state index contributed by atoms with van der Waals surface area (Å²) in [6.07, 6.45) is 2.43. The molecular weight excluding hydrogens is 234 g/mol. The zero-order chi connectivity index (χ0) is 12.3. The smallest absolute Gasteiger partial charge is 0.150 e. The van der Waals surface area contributed by atoms with Crippen LogP contribution in [-0.2, 0) is 16.3 Å². The molecule has 0 bridgehead atoms. The predicted octanol–water partition coefficient (Wildman–Crippen LogP) is 1.38. The average molecular weight is 253 g/mol. The first-order valence-electron chi connectivity index (χ1n) is 6.05. The standard InChI is InChI=1S/C13H19NO2S/c14-13(8-11-4-2-1-3-5-11)9-12-6-7-17(15,16)10-12/h1-5,12-13H,6-10,14H2. The molecule has 0 aromatic heterocycles. The highest BCUT2D eigenvalue weighted by atomic mass is 32.2. The van der Waals surface area contributed by atoms with Crippen molar-refractivity contribution in [2.45, 2.75) is 25.3 Å². The average Bonchev–Trinajstić information content (AvgIpc) is 2.59. The summed E-state index contributed by atoms with van der Waals surface area (Å²) in [5.41, 5.74) is 7.30. The van der Waals surface area contributed by atoms with E-state index in [4.69, 9.17) is 5.73 Å². The van der Waals surface area contributed by atoms with Gasteiger partial charge in [-0.05, 0) is 30.7 Å². The van der Waals surface area contributed by atoms with E-state index in [0.29, 0.717) is 11.5 Å². The van der Waals surface area contributed by atoms with Crippen LogP contribution in [0.2, 0.25) is 0 Å². The van der Waals surface area contributed by atoms with Crippen molar-refractivity contribution in [3.63, 3.8) is 0 Å². The summed E-state index contributed by atoms with van der Waals surface area (Å²) >= 11 is 0. The molecule has 94 valence electrons. The highest BCUT2D eigenvalue weighted by Crippen LogP contribution is 2.23. The zero-order valence-electron chi connectivity index (χ0n) is 9.88. The van der Waals surface area contributed by atoms with Crippen LogP contribution in [0, 0.1) is 5.92 Å². The first-order valence-corrected chi connectivity index (χ1v) is 7.87. The molecular formula is C13H19NO2S. The molecule has 0 radical (unpaired) electrons. The molecule has 1 fully saturated rings. The van der Waals surface area contributed by atoms with Gasteiger partial charge in [-0.25, -0.2) is 8.42 Å². The fourth-order valence-electron chi connectivity index (χ4n) is 2.49. The molecule has 1 aromatic rings. The summed E-state index contributed by atoms with van der Waals surface area (Å²) in [5, 5.41) is 0. The van der Waals surface area contributed by atoms with E-state index >= 15 is 0 Å². The number of sulfone groups is 1. The van der Waals surface area contributed by atoms with E-state index < -0.39 is 9.84 Å². The van der Waals surface area contributed by atoms with Gasteiger partial charge in [-0.1, -0.05) is 30.3 Å². The maximum Gasteiger partial charge on any atom is 0.150 e. The summed E-state index contributed by atoms with van der Waals surface area (Å²) in [7, 11) is -2.77. The van der Waals surface area contributed by atoms with Crippen molar-refractivity contribution in [2.75, 3.05) is 11.5 Å². The molecule has 3 nitrogen and oxygen atoms in total. The number of benzene rings is 1. The van der Waals surface area contributed by atoms with Crippen molar-refractivity contribution in [2.24, 2.45) is 11.7 Å². The number of hydrogen-bond acceptors (Lipinski definition) is 3. The van der Waals surface area contributed by atoms with Crippen LogP contribution in [0.3, 0.4) is 0 Å². The van der Waals surface area contributed by atoms with Gasteiger partial charge in [-0.2, -0.15) is 0 Å². The number of rotatable bonds is 4. The van der Waals surface area contributed by atoms with E-state index in [1.165, 1.54) is 5.56 Å². The third-order valence-electron chi connectivity index (χ3n) is 3.30. The van der Waals surface area contributed by atoms with Gasteiger partial charge in [0.2, 0.25) is 0 Å². The topological polar surface area (TPSA) is 60.2 Å². The molecule has 0 aliphatic carbocycles. The molecule has 2 unspecified atom stereocenters. The Hall–Kier alpha value is -0.870. The SMILES string of the molecule is NC(Cc1ccccc1)CC1CCS(=O)(=O)C1. The van der Waals surface area contributed by atoms with Crippen LogP contribution in [0.1, 0.15) is 18.4 Å². The third-order valence-corrected chi connectivity index (χ3v) is 5.14. The van der Waals surface area contributed by atoms with Gasteiger partial charge in [0.1, 0.15) is 0 Å². The largest absolute Gasteiger partial charge is 0.327 e. The quantitative estimate of drug-likeness (QED) is 0.882. The van der Waals surface area contributed by atoms with Gasteiger partial charge >= 0.3 is 0 Å². The lowest BCUT2D eigenvalue weighted by Crippen LogP contribution is -2.26. The second-order valence-corrected chi connectivity index (χ2v) is 7.18. The van der Waals surface area contributed by atoms with Crippen LogP contribution in [-0.4, -0.2) is 26.0 Å². The lowest BCUT2D eigenvalue weighted by Gasteiger charge is -2.15. The molecule has 1 saturated heterocycles. The first kappa shape index (κ1) is 12.6. The lowest BCUT2D eigenvalue weighted by molar-refractivity contribution is 0.468. The van der Waals surface area contributed by atoms with Gasteiger partial charge in [0.25, 0.3) is 0 Å². The molecule has 2 N–H and O–H groups in total. The molecule has 2 atom stereocenters. The van der Waals surface area contributed by atoms with Gasteiger partial charge in [0, 0.05) is 6.04 Å². The van der Waals surface area contributed by atoms with Crippen LogP contribution < -0.4 is 5.73 Å². The molecule has 2 rings (SSSR count). The summed E-state index contributed by atoms with van der Waals surface area (Å²) in [5.74, 6) is 0.935. The Morgan fingerprint density at radius 1 is 1.29 bits per heavy atom. The van der Waals surface area contributed by atoms with Crippen molar-refractivity contribution in [1.29, 1.82) is 0 Å². The zero-order valence-corrected chi connectivity index (χ0v) is 10.7. The van der Waals surface area contributed by atoms with Gasteiger partial charge in [-0.3, -0.25) is 0 Å². The molecule has 1 heterocycles. The monoisotopic (exact) mass is 253 g/mol. The molecule has 1 aliphatic rings. The van der Waals surface area contributed by atoms with E-state index in [9.17, 15) is 8.42 Å². The Labute approximate surface area is 103 Å². The molecule has 0 spiro atoms. The Morgan fingerprint density at radius 3 is 2.59 bits per heavy atom. The molecule has 1 aromatic carbocycles. The van der Waals surface area contributed by atoms with Crippen LogP contribution >= 0.6 is 0 Å². The third kappa shape index (κ3) is 3.82. The van der Waals surface area contributed by atoms with E-state index in [1.807, 2.05) is 18.2 Å². The first-order chi connectivity index (χ1) is 8.05. The Bertz CT molecular complexity index is 456. The summed E-state index contributed by atoms with van der Waals surface area (Å²) in [6, 6.07) is 10.2. The summed E-state index contributed by atoms with van der Waals surface area (Å²) in [6.45, 7) is 0. The van der Waals surface area contributed by atoms with E-state index in [-0.39, 0.29) is 12.0 Å². The minimum Gasteiger partial charge on any atom is -0.327 e. The van der Waals surface area contributed by atoms with Crippen molar-refractivity contribution in [3.8, 4) is 0 Å². The normalized spacial score (nSPS) is 24.6. The maximum atomic E-state index is 11.3. The molecule has 1 aliphatic heterocycles. The number of nitrogens with two attached hydrogens (primary N) is 1. The number of hydrogen-bond donors (Lipinski definition) is 1. The van der Waals surface area contributed by atoms with Gasteiger partial charge in [-0.15, -0.1) is 0 Å². The Kier molecular flexibility index (Phi) is 3.84. The molecule has 0 amide bonds.